The second kappa shape index (κ2) is 9.93. The van der Waals surface area contributed by atoms with Crippen molar-refractivity contribution in [3.05, 3.63) is 40.2 Å². The molecule has 0 spiro atoms. The number of piperazine rings is 1. The number of nitrogens with one attached hydrogen (secondary N) is 1. The van der Waals surface area contributed by atoms with E-state index in [2.05, 4.69) is 37.7 Å². The van der Waals surface area contributed by atoms with E-state index in [-0.39, 0.29) is 5.91 Å². The number of halogens is 1. The topological polar surface area (TPSA) is 77.2 Å². The van der Waals surface area contributed by atoms with E-state index in [1.165, 1.54) is 19.3 Å². The summed E-state index contributed by atoms with van der Waals surface area (Å²) in [4.78, 5) is 21.7. The summed E-state index contributed by atoms with van der Waals surface area (Å²) in [7, 11) is 0. The maximum Gasteiger partial charge on any atom is 0.239 e. The fourth-order valence-electron chi connectivity index (χ4n) is 4.95. The number of hydrogen-bond donors (Lipinski definition) is 1. The smallest absolute Gasteiger partial charge is 0.239 e. The van der Waals surface area contributed by atoms with Crippen molar-refractivity contribution in [2.75, 3.05) is 42.9 Å². The number of rotatable bonds is 5. The third kappa shape index (κ3) is 4.77. The molecule has 32 heavy (non-hydrogen) atoms. The molecule has 0 bridgehead atoms. The van der Waals surface area contributed by atoms with Gasteiger partial charge >= 0.3 is 0 Å². The average molecular weight is 455 g/mol. The van der Waals surface area contributed by atoms with Crippen molar-refractivity contribution in [3.8, 4) is 6.07 Å². The summed E-state index contributed by atoms with van der Waals surface area (Å²) in [5, 5.41) is 13.5. The number of hydrogen-bond acceptors (Lipinski definition) is 5. The van der Waals surface area contributed by atoms with Gasteiger partial charge in [-0.2, -0.15) is 5.26 Å². The molecule has 2 aromatic heterocycles. The van der Waals surface area contributed by atoms with E-state index in [0.717, 1.165) is 56.1 Å². The predicted molar refractivity (Wildman–Crippen MR) is 127 cm³/mol. The number of carbonyl (C=O) groups is 1. The lowest BCUT2D eigenvalue weighted by Gasteiger charge is -2.35. The van der Waals surface area contributed by atoms with E-state index in [1.807, 2.05) is 19.1 Å². The van der Waals surface area contributed by atoms with Gasteiger partial charge in [0.25, 0.3) is 0 Å². The number of pyridine rings is 1. The molecule has 7 nitrogen and oxygen atoms in total. The Balaban J connectivity index is 1.41. The van der Waals surface area contributed by atoms with E-state index in [1.54, 1.807) is 6.20 Å². The highest BCUT2D eigenvalue weighted by Crippen LogP contribution is 2.36. The summed E-state index contributed by atoms with van der Waals surface area (Å²) >= 11 is 5.94. The van der Waals surface area contributed by atoms with Crippen LogP contribution in [0.1, 0.15) is 55.0 Å². The highest BCUT2D eigenvalue weighted by atomic mass is 35.5. The van der Waals surface area contributed by atoms with E-state index < -0.39 is 0 Å². The van der Waals surface area contributed by atoms with Crippen LogP contribution in [0.2, 0.25) is 5.02 Å². The van der Waals surface area contributed by atoms with Gasteiger partial charge in [-0.15, -0.1) is 0 Å². The van der Waals surface area contributed by atoms with E-state index in [4.69, 9.17) is 11.6 Å². The lowest BCUT2D eigenvalue weighted by molar-refractivity contribution is -0.117. The third-order valence-corrected chi connectivity index (χ3v) is 7.07. The summed E-state index contributed by atoms with van der Waals surface area (Å²) < 4.78 is 2.22. The molecule has 4 rings (SSSR count). The average Bonchev–Trinajstić information content (AvgIpc) is 3.04. The fraction of sp³-hybridized carbons (Fsp3) is 0.542. The Hall–Kier alpha value is -2.56. The second-order valence-corrected chi connectivity index (χ2v) is 9.29. The molecular formula is C24H31ClN6O. The molecule has 0 radical (unpaired) electrons. The van der Waals surface area contributed by atoms with Crippen molar-refractivity contribution in [1.82, 2.24) is 14.5 Å². The Morgan fingerprint density at radius 1 is 1.19 bits per heavy atom. The maximum absolute atomic E-state index is 13.0. The number of amides is 1. The van der Waals surface area contributed by atoms with Crippen LogP contribution in [0, 0.1) is 25.2 Å². The predicted octanol–water partition coefficient (Wildman–Crippen LogP) is 4.29. The first-order valence-corrected chi connectivity index (χ1v) is 11.9. The van der Waals surface area contributed by atoms with Gasteiger partial charge in [-0.3, -0.25) is 9.69 Å². The number of nitrogens with zero attached hydrogens (tertiary/aromatic N) is 5. The Kier molecular flexibility index (Phi) is 7.02. The molecule has 0 atom stereocenters. The number of aromatic nitrogens is 2. The van der Waals surface area contributed by atoms with E-state index in [0.29, 0.717) is 29.0 Å². The van der Waals surface area contributed by atoms with Gasteiger partial charge in [0.15, 0.2) is 0 Å². The molecule has 1 saturated carbocycles. The highest BCUT2D eigenvalue weighted by Gasteiger charge is 2.27. The molecule has 1 aliphatic carbocycles. The summed E-state index contributed by atoms with van der Waals surface area (Å²) in [6.45, 7) is 7.54. The fourth-order valence-corrected chi connectivity index (χ4v) is 5.06. The van der Waals surface area contributed by atoms with E-state index in [9.17, 15) is 10.1 Å². The van der Waals surface area contributed by atoms with Crippen LogP contribution in [0.25, 0.3) is 0 Å². The summed E-state index contributed by atoms with van der Waals surface area (Å²) in [5.74, 6) is 1.53. The maximum atomic E-state index is 13.0. The van der Waals surface area contributed by atoms with Crippen molar-refractivity contribution in [2.24, 2.45) is 0 Å². The minimum Gasteiger partial charge on any atom is -0.354 e. The largest absolute Gasteiger partial charge is 0.354 e. The van der Waals surface area contributed by atoms with Gasteiger partial charge in [0.1, 0.15) is 17.7 Å². The second-order valence-electron chi connectivity index (χ2n) is 8.85. The van der Waals surface area contributed by atoms with Crippen LogP contribution in [0.3, 0.4) is 0 Å². The standard InChI is InChI=1S/C24H31ClN6O/c1-17-18(2)31(20-6-4-3-5-7-20)24(21(17)14-26)28-23(32)16-29-10-12-30(13-11-29)22-9-8-19(25)15-27-22/h8-9,15,20H,3-7,10-13,16H2,1-2H3,(H,28,32). The van der Waals surface area contributed by atoms with Crippen LogP contribution in [-0.4, -0.2) is 53.1 Å². The van der Waals surface area contributed by atoms with Crippen molar-refractivity contribution in [3.63, 3.8) is 0 Å². The number of nitriles is 1. The molecule has 1 amide bonds. The zero-order valence-electron chi connectivity index (χ0n) is 18.9. The van der Waals surface area contributed by atoms with Crippen molar-refractivity contribution < 1.29 is 4.79 Å². The molecule has 2 aliphatic rings. The first-order chi connectivity index (χ1) is 15.5. The van der Waals surface area contributed by atoms with Gasteiger partial charge in [-0.1, -0.05) is 30.9 Å². The molecule has 1 N–H and O–H groups in total. The van der Waals surface area contributed by atoms with Crippen molar-refractivity contribution >= 4 is 29.1 Å². The van der Waals surface area contributed by atoms with Gasteiger partial charge in [0, 0.05) is 44.1 Å². The molecular weight excluding hydrogens is 424 g/mol. The quantitative estimate of drug-likeness (QED) is 0.729. The molecule has 2 aromatic rings. The lowest BCUT2D eigenvalue weighted by atomic mass is 9.95. The highest BCUT2D eigenvalue weighted by molar-refractivity contribution is 6.30. The van der Waals surface area contributed by atoms with Crippen molar-refractivity contribution in [1.29, 1.82) is 5.26 Å². The van der Waals surface area contributed by atoms with Crippen LogP contribution in [0.5, 0.6) is 0 Å². The Labute approximate surface area is 195 Å². The molecule has 1 aliphatic heterocycles. The normalized spacial score (nSPS) is 17.9. The van der Waals surface area contributed by atoms with Crippen LogP contribution in [0.4, 0.5) is 11.6 Å². The summed E-state index contributed by atoms with van der Waals surface area (Å²) in [6.07, 6.45) is 7.52. The van der Waals surface area contributed by atoms with Gasteiger partial charge in [-0.05, 0) is 44.4 Å². The molecule has 0 aromatic carbocycles. The first kappa shape index (κ1) is 22.6. The van der Waals surface area contributed by atoms with Gasteiger partial charge < -0.3 is 14.8 Å². The third-order valence-electron chi connectivity index (χ3n) is 6.84. The minimum atomic E-state index is -0.0610. The molecule has 3 heterocycles. The zero-order valence-corrected chi connectivity index (χ0v) is 19.7. The van der Waals surface area contributed by atoms with Crippen LogP contribution in [0.15, 0.2) is 18.3 Å². The van der Waals surface area contributed by atoms with Gasteiger partial charge in [0.2, 0.25) is 5.91 Å². The monoisotopic (exact) mass is 454 g/mol. The minimum absolute atomic E-state index is 0.0610. The molecule has 170 valence electrons. The molecule has 1 saturated heterocycles. The van der Waals surface area contributed by atoms with Crippen molar-refractivity contribution in [2.45, 2.75) is 52.0 Å². The zero-order chi connectivity index (χ0) is 22.7. The lowest BCUT2D eigenvalue weighted by Crippen LogP contribution is -2.49. The van der Waals surface area contributed by atoms with Gasteiger partial charge in [0.05, 0.1) is 17.1 Å². The van der Waals surface area contributed by atoms with Gasteiger partial charge in [-0.25, -0.2) is 4.98 Å². The first-order valence-electron chi connectivity index (χ1n) is 11.5. The molecule has 0 unspecified atom stereocenters. The SMILES string of the molecule is Cc1c(C#N)c(NC(=O)CN2CCN(c3ccc(Cl)cn3)CC2)n(C2CCCCC2)c1C. The molecule has 8 heteroatoms. The Morgan fingerprint density at radius 2 is 1.91 bits per heavy atom. The Bertz CT molecular complexity index is 995. The number of anilines is 2. The van der Waals surface area contributed by atoms with E-state index >= 15 is 0 Å². The summed E-state index contributed by atoms with van der Waals surface area (Å²) in [6, 6.07) is 6.46. The molecule has 2 fully saturated rings. The Morgan fingerprint density at radius 3 is 2.53 bits per heavy atom. The number of carbonyl (C=O) groups excluding carboxylic acids is 1. The van der Waals surface area contributed by atoms with Crippen LogP contribution in [-0.2, 0) is 4.79 Å². The van der Waals surface area contributed by atoms with Crippen LogP contribution >= 0.6 is 11.6 Å². The van der Waals surface area contributed by atoms with Crippen LogP contribution < -0.4 is 10.2 Å². The summed E-state index contributed by atoms with van der Waals surface area (Å²) in [5.41, 5.74) is 2.66.